The lowest BCUT2D eigenvalue weighted by atomic mass is 10.2. The molecule has 3 aromatic rings. The molecule has 0 radical (unpaired) electrons. The maximum absolute atomic E-state index is 13.9. The van der Waals surface area contributed by atoms with Gasteiger partial charge in [-0.15, -0.1) is 0 Å². The molecule has 0 aliphatic rings. The highest BCUT2D eigenvalue weighted by atomic mass is 35.5. The molecule has 0 aliphatic heterocycles. The minimum absolute atomic E-state index is 0.165. The van der Waals surface area contributed by atoms with Gasteiger partial charge in [-0.05, 0) is 36.4 Å². The number of hydrogen-bond donors (Lipinski definition) is 1. The summed E-state index contributed by atoms with van der Waals surface area (Å²) in [7, 11) is 1.72. The summed E-state index contributed by atoms with van der Waals surface area (Å²) in [6, 6.07) is 11.0. The van der Waals surface area contributed by atoms with Crippen molar-refractivity contribution in [1.29, 1.82) is 0 Å². The van der Waals surface area contributed by atoms with Crippen molar-refractivity contribution < 1.29 is 9.50 Å². The summed E-state index contributed by atoms with van der Waals surface area (Å²) in [5, 5.41) is 13.8. The van der Waals surface area contributed by atoms with Gasteiger partial charge >= 0.3 is 0 Å². The average molecular weight is 304 g/mol. The summed E-state index contributed by atoms with van der Waals surface area (Å²) in [5.41, 5.74) is 0.946. The summed E-state index contributed by atoms with van der Waals surface area (Å²) in [4.78, 5) is 4.35. The van der Waals surface area contributed by atoms with Crippen LogP contribution in [0, 0.1) is 5.82 Å². The predicted molar refractivity (Wildman–Crippen MR) is 78.5 cm³/mol. The Morgan fingerprint density at radius 3 is 2.52 bits per heavy atom. The van der Waals surface area contributed by atoms with Crippen molar-refractivity contribution in [3.05, 3.63) is 53.3 Å². The van der Waals surface area contributed by atoms with Crippen molar-refractivity contribution in [2.45, 2.75) is 0 Å². The molecule has 1 heterocycles. The maximum atomic E-state index is 13.9. The Morgan fingerprint density at radius 1 is 1.14 bits per heavy atom. The van der Waals surface area contributed by atoms with Gasteiger partial charge in [-0.2, -0.15) is 5.10 Å². The normalized spacial score (nSPS) is 10.8. The van der Waals surface area contributed by atoms with Gasteiger partial charge in [0.15, 0.2) is 11.6 Å². The highest BCUT2D eigenvalue weighted by Gasteiger charge is 2.17. The van der Waals surface area contributed by atoms with Gasteiger partial charge in [0, 0.05) is 12.6 Å². The molecule has 0 atom stereocenters. The number of hydrogen-bond acceptors (Lipinski definition) is 3. The standard InChI is InChI=1S/C15H11ClFN3O/c1-20-15(9-5-7-10(21)8-6-9)18-14(19-20)13-11(16)3-2-4-12(13)17/h2-8,21H,1H3. The molecule has 3 rings (SSSR count). The molecule has 0 saturated heterocycles. The van der Waals surface area contributed by atoms with Crippen LogP contribution >= 0.6 is 11.6 Å². The number of aromatic nitrogens is 3. The number of nitrogens with zero attached hydrogens (tertiary/aromatic N) is 3. The van der Waals surface area contributed by atoms with E-state index in [4.69, 9.17) is 11.6 Å². The number of rotatable bonds is 2. The van der Waals surface area contributed by atoms with E-state index in [1.807, 2.05) is 0 Å². The van der Waals surface area contributed by atoms with Crippen LogP contribution < -0.4 is 0 Å². The zero-order valence-electron chi connectivity index (χ0n) is 11.1. The Kier molecular flexibility index (Phi) is 3.35. The van der Waals surface area contributed by atoms with Crippen LogP contribution in [0.4, 0.5) is 4.39 Å². The second-order valence-electron chi connectivity index (χ2n) is 4.53. The van der Waals surface area contributed by atoms with E-state index < -0.39 is 5.82 Å². The van der Waals surface area contributed by atoms with Crippen molar-refractivity contribution in [1.82, 2.24) is 14.8 Å². The molecule has 0 bridgehead atoms. The van der Waals surface area contributed by atoms with Gasteiger partial charge in [0.1, 0.15) is 11.6 Å². The molecule has 0 spiro atoms. The van der Waals surface area contributed by atoms with Gasteiger partial charge < -0.3 is 5.11 Å². The van der Waals surface area contributed by atoms with Crippen molar-refractivity contribution in [2.24, 2.45) is 7.05 Å². The van der Waals surface area contributed by atoms with E-state index in [1.54, 1.807) is 42.1 Å². The summed E-state index contributed by atoms with van der Waals surface area (Å²) in [6.07, 6.45) is 0. The summed E-state index contributed by atoms with van der Waals surface area (Å²) < 4.78 is 15.5. The number of phenols is 1. The first kappa shape index (κ1) is 13.6. The fourth-order valence-corrected chi connectivity index (χ4v) is 2.31. The Balaban J connectivity index is 2.12. The predicted octanol–water partition coefficient (Wildman–Crippen LogP) is 3.65. The van der Waals surface area contributed by atoms with Crippen LogP contribution in [0.5, 0.6) is 5.75 Å². The Bertz CT molecular complexity index is 779. The van der Waals surface area contributed by atoms with Gasteiger partial charge in [0.05, 0.1) is 10.6 Å². The molecular weight excluding hydrogens is 293 g/mol. The van der Waals surface area contributed by atoms with Crippen LogP contribution in [0.3, 0.4) is 0 Å². The third kappa shape index (κ3) is 2.48. The summed E-state index contributed by atoms with van der Waals surface area (Å²) in [5.74, 6) is 0.483. The lowest BCUT2D eigenvalue weighted by Crippen LogP contribution is -1.94. The van der Waals surface area contributed by atoms with Crippen molar-refractivity contribution in [2.75, 3.05) is 0 Å². The number of phenolic OH excluding ortho intramolecular Hbond substituents is 1. The molecule has 106 valence electrons. The van der Waals surface area contributed by atoms with E-state index >= 15 is 0 Å². The van der Waals surface area contributed by atoms with Crippen LogP contribution in [-0.2, 0) is 7.05 Å². The zero-order valence-corrected chi connectivity index (χ0v) is 11.8. The summed E-state index contributed by atoms with van der Waals surface area (Å²) >= 11 is 6.03. The Labute approximate surface area is 125 Å². The third-order valence-electron chi connectivity index (χ3n) is 3.07. The number of benzene rings is 2. The SMILES string of the molecule is Cn1nc(-c2c(F)cccc2Cl)nc1-c1ccc(O)cc1. The second kappa shape index (κ2) is 5.18. The molecule has 0 fully saturated rings. The highest BCUT2D eigenvalue weighted by Crippen LogP contribution is 2.30. The van der Waals surface area contributed by atoms with Gasteiger partial charge in [0.25, 0.3) is 0 Å². The number of halogens is 2. The number of aryl methyl sites for hydroxylation is 1. The molecule has 1 aromatic heterocycles. The van der Waals surface area contributed by atoms with Crippen LogP contribution in [0.15, 0.2) is 42.5 Å². The molecule has 0 aliphatic carbocycles. The van der Waals surface area contributed by atoms with E-state index in [1.165, 1.54) is 12.1 Å². The van der Waals surface area contributed by atoms with Gasteiger partial charge in [-0.3, -0.25) is 0 Å². The largest absolute Gasteiger partial charge is 0.508 e. The first-order chi connectivity index (χ1) is 10.1. The zero-order chi connectivity index (χ0) is 15.0. The van der Waals surface area contributed by atoms with Crippen molar-refractivity contribution in [3.63, 3.8) is 0 Å². The second-order valence-corrected chi connectivity index (χ2v) is 4.93. The molecule has 0 saturated carbocycles. The molecule has 6 heteroatoms. The van der Waals surface area contributed by atoms with E-state index in [0.29, 0.717) is 5.82 Å². The van der Waals surface area contributed by atoms with Crippen molar-refractivity contribution >= 4 is 11.6 Å². The summed E-state index contributed by atoms with van der Waals surface area (Å²) in [6.45, 7) is 0. The molecular formula is C15H11ClFN3O. The maximum Gasteiger partial charge on any atom is 0.186 e. The van der Waals surface area contributed by atoms with E-state index in [-0.39, 0.29) is 22.2 Å². The highest BCUT2D eigenvalue weighted by molar-refractivity contribution is 6.33. The topological polar surface area (TPSA) is 50.9 Å². The minimum Gasteiger partial charge on any atom is -0.508 e. The van der Waals surface area contributed by atoms with E-state index in [0.717, 1.165) is 5.56 Å². The average Bonchev–Trinajstić information content (AvgIpc) is 2.81. The molecule has 0 amide bonds. The molecule has 1 N–H and O–H groups in total. The molecule has 2 aromatic carbocycles. The van der Waals surface area contributed by atoms with Crippen molar-refractivity contribution in [3.8, 4) is 28.5 Å². The third-order valence-corrected chi connectivity index (χ3v) is 3.39. The Morgan fingerprint density at radius 2 is 1.86 bits per heavy atom. The van der Waals surface area contributed by atoms with E-state index in [2.05, 4.69) is 10.1 Å². The van der Waals surface area contributed by atoms with Gasteiger partial charge in [-0.1, -0.05) is 17.7 Å². The smallest absolute Gasteiger partial charge is 0.186 e. The first-order valence-corrected chi connectivity index (χ1v) is 6.59. The van der Waals surface area contributed by atoms with Crippen LogP contribution in [-0.4, -0.2) is 19.9 Å². The first-order valence-electron chi connectivity index (χ1n) is 6.21. The molecule has 4 nitrogen and oxygen atoms in total. The number of aromatic hydroxyl groups is 1. The van der Waals surface area contributed by atoms with Crippen LogP contribution in [0.2, 0.25) is 5.02 Å². The van der Waals surface area contributed by atoms with Gasteiger partial charge in [-0.25, -0.2) is 14.1 Å². The lowest BCUT2D eigenvalue weighted by molar-refractivity contribution is 0.475. The molecule has 21 heavy (non-hydrogen) atoms. The minimum atomic E-state index is -0.467. The molecule has 0 unspecified atom stereocenters. The lowest BCUT2D eigenvalue weighted by Gasteiger charge is -2.00. The van der Waals surface area contributed by atoms with Gasteiger partial charge in [0.2, 0.25) is 0 Å². The quantitative estimate of drug-likeness (QED) is 0.786. The monoisotopic (exact) mass is 303 g/mol. The van der Waals surface area contributed by atoms with Crippen LogP contribution in [0.25, 0.3) is 22.8 Å². The van der Waals surface area contributed by atoms with E-state index in [9.17, 15) is 9.50 Å². The fraction of sp³-hybridized carbons (Fsp3) is 0.0667. The van der Waals surface area contributed by atoms with Crippen LogP contribution in [0.1, 0.15) is 0 Å². The Hall–Kier alpha value is -2.40. The fourth-order valence-electron chi connectivity index (χ4n) is 2.06.